The summed E-state index contributed by atoms with van der Waals surface area (Å²) >= 11 is 0. The summed E-state index contributed by atoms with van der Waals surface area (Å²) in [5.74, 6) is 2.49. The average Bonchev–Trinajstić information content (AvgIpc) is 2.71. The molecule has 1 saturated carbocycles. The van der Waals surface area contributed by atoms with Gasteiger partial charge in [-0.25, -0.2) is 0 Å². The van der Waals surface area contributed by atoms with Crippen molar-refractivity contribution in [2.24, 2.45) is 5.92 Å². The van der Waals surface area contributed by atoms with Crippen molar-refractivity contribution >= 4 is 0 Å². The Morgan fingerprint density at radius 1 is 1.15 bits per heavy atom. The maximum atomic E-state index is 5.67. The summed E-state index contributed by atoms with van der Waals surface area (Å²) in [7, 11) is 0. The standard InChI is InChI=1S/C18H29NO/c1-3-19-14-16-9-6-5-7-12-18(16)15-10-8-11-17(13-15)20-4-2/h8,10-11,13,16,18-19H,3-7,9,12,14H2,1-2H3. The van der Waals surface area contributed by atoms with Crippen molar-refractivity contribution in [2.45, 2.75) is 51.9 Å². The average molecular weight is 275 g/mol. The second-order valence-corrected chi connectivity index (χ2v) is 5.82. The van der Waals surface area contributed by atoms with Crippen molar-refractivity contribution in [3.63, 3.8) is 0 Å². The Balaban J connectivity index is 2.14. The van der Waals surface area contributed by atoms with Gasteiger partial charge in [-0.15, -0.1) is 0 Å². The predicted octanol–water partition coefficient (Wildman–Crippen LogP) is 4.36. The van der Waals surface area contributed by atoms with E-state index in [2.05, 4.69) is 36.5 Å². The van der Waals surface area contributed by atoms with Gasteiger partial charge >= 0.3 is 0 Å². The van der Waals surface area contributed by atoms with E-state index in [1.807, 2.05) is 6.92 Å². The van der Waals surface area contributed by atoms with Gasteiger partial charge in [-0.3, -0.25) is 0 Å². The van der Waals surface area contributed by atoms with Crippen LogP contribution >= 0.6 is 0 Å². The second kappa shape index (κ2) is 8.31. The zero-order chi connectivity index (χ0) is 14.2. The molecule has 2 nitrogen and oxygen atoms in total. The molecule has 0 spiro atoms. The highest BCUT2D eigenvalue weighted by molar-refractivity contribution is 5.31. The van der Waals surface area contributed by atoms with Gasteiger partial charge in [0.25, 0.3) is 0 Å². The fourth-order valence-corrected chi connectivity index (χ4v) is 3.40. The summed E-state index contributed by atoms with van der Waals surface area (Å²) in [6.07, 6.45) is 6.83. The molecule has 112 valence electrons. The van der Waals surface area contributed by atoms with E-state index in [9.17, 15) is 0 Å². The van der Waals surface area contributed by atoms with E-state index >= 15 is 0 Å². The largest absolute Gasteiger partial charge is 0.494 e. The maximum absolute atomic E-state index is 5.67. The highest BCUT2D eigenvalue weighted by atomic mass is 16.5. The van der Waals surface area contributed by atoms with Gasteiger partial charge < -0.3 is 10.1 Å². The van der Waals surface area contributed by atoms with E-state index in [1.54, 1.807) is 0 Å². The Hall–Kier alpha value is -1.02. The molecule has 2 heteroatoms. The number of hydrogen-bond donors (Lipinski definition) is 1. The summed E-state index contributed by atoms with van der Waals surface area (Å²) < 4.78 is 5.67. The zero-order valence-corrected chi connectivity index (χ0v) is 13.0. The second-order valence-electron chi connectivity index (χ2n) is 5.82. The summed E-state index contributed by atoms with van der Waals surface area (Å²) in [5.41, 5.74) is 1.47. The van der Waals surface area contributed by atoms with Crippen LogP contribution in [0.15, 0.2) is 24.3 Å². The number of ether oxygens (including phenoxy) is 1. The van der Waals surface area contributed by atoms with E-state index in [-0.39, 0.29) is 0 Å². The molecule has 2 atom stereocenters. The monoisotopic (exact) mass is 275 g/mol. The van der Waals surface area contributed by atoms with E-state index < -0.39 is 0 Å². The molecular weight excluding hydrogens is 246 g/mol. The molecular formula is C18H29NO. The number of rotatable bonds is 6. The summed E-state index contributed by atoms with van der Waals surface area (Å²) in [6, 6.07) is 8.77. The van der Waals surface area contributed by atoms with Crippen LogP contribution < -0.4 is 10.1 Å². The lowest BCUT2D eigenvalue weighted by Gasteiger charge is -2.26. The molecule has 0 aliphatic heterocycles. The van der Waals surface area contributed by atoms with Gasteiger partial charge in [-0.05, 0) is 62.4 Å². The third kappa shape index (κ3) is 4.24. The lowest BCUT2D eigenvalue weighted by Crippen LogP contribution is -2.26. The van der Waals surface area contributed by atoms with Gasteiger partial charge in [0, 0.05) is 0 Å². The SMILES string of the molecule is CCNCC1CCCCCC1c1cccc(OCC)c1. The molecule has 1 N–H and O–H groups in total. The fraction of sp³-hybridized carbons (Fsp3) is 0.667. The van der Waals surface area contributed by atoms with Crippen LogP contribution in [0.5, 0.6) is 5.75 Å². The third-order valence-electron chi connectivity index (χ3n) is 4.41. The first-order chi connectivity index (χ1) is 9.85. The van der Waals surface area contributed by atoms with Gasteiger partial charge in [0.1, 0.15) is 5.75 Å². The van der Waals surface area contributed by atoms with Crippen LogP contribution in [-0.2, 0) is 0 Å². The third-order valence-corrected chi connectivity index (χ3v) is 4.41. The number of nitrogens with one attached hydrogen (secondary N) is 1. The summed E-state index contributed by atoms with van der Waals surface area (Å²) in [6.45, 7) is 7.21. The topological polar surface area (TPSA) is 21.3 Å². The molecule has 1 fully saturated rings. The summed E-state index contributed by atoms with van der Waals surface area (Å²) in [4.78, 5) is 0. The van der Waals surface area contributed by atoms with Crippen molar-refractivity contribution in [1.29, 1.82) is 0 Å². The molecule has 1 aliphatic rings. The predicted molar refractivity (Wildman–Crippen MR) is 85.5 cm³/mol. The van der Waals surface area contributed by atoms with Crippen molar-refractivity contribution in [3.05, 3.63) is 29.8 Å². The van der Waals surface area contributed by atoms with E-state index in [0.717, 1.165) is 31.4 Å². The van der Waals surface area contributed by atoms with Gasteiger partial charge in [0.05, 0.1) is 6.61 Å². The number of benzene rings is 1. The van der Waals surface area contributed by atoms with Crippen LogP contribution in [0.2, 0.25) is 0 Å². The normalized spacial score (nSPS) is 23.3. The molecule has 0 saturated heterocycles. The molecule has 0 bridgehead atoms. The highest BCUT2D eigenvalue weighted by Crippen LogP contribution is 2.37. The van der Waals surface area contributed by atoms with Crippen LogP contribution in [0.3, 0.4) is 0 Å². The molecule has 0 heterocycles. The van der Waals surface area contributed by atoms with Gasteiger partial charge in [-0.2, -0.15) is 0 Å². The molecule has 0 radical (unpaired) electrons. The first kappa shape index (κ1) is 15.4. The molecule has 1 aromatic rings. The molecule has 0 aromatic heterocycles. The quantitative estimate of drug-likeness (QED) is 0.779. The van der Waals surface area contributed by atoms with Crippen LogP contribution in [-0.4, -0.2) is 19.7 Å². The Morgan fingerprint density at radius 2 is 2.00 bits per heavy atom. The molecule has 1 aliphatic carbocycles. The van der Waals surface area contributed by atoms with E-state index in [4.69, 9.17) is 4.74 Å². The van der Waals surface area contributed by atoms with Crippen molar-refractivity contribution in [1.82, 2.24) is 5.32 Å². The maximum Gasteiger partial charge on any atom is 0.119 e. The van der Waals surface area contributed by atoms with Crippen molar-refractivity contribution in [2.75, 3.05) is 19.7 Å². The summed E-state index contributed by atoms with van der Waals surface area (Å²) in [5, 5.41) is 3.55. The van der Waals surface area contributed by atoms with Crippen LogP contribution in [0.4, 0.5) is 0 Å². The smallest absolute Gasteiger partial charge is 0.119 e. The molecule has 2 unspecified atom stereocenters. The minimum Gasteiger partial charge on any atom is -0.494 e. The van der Waals surface area contributed by atoms with Crippen LogP contribution in [0.1, 0.15) is 57.4 Å². The zero-order valence-electron chi connectivity index (χ0n) is 13.0. The molecule has 0 amide bonds. The first-order valence-corrected chi connectivity index (χ1v) is 8.28. The van der Waals surface area contributed by atoms with Crippen molar-refractivity contribution < 1.29 is 4.74 Å². The minimum atomic E-state index is 0.692. The fourth-order valence-electron chi connectivity index (χ4n) is 3.40. The Bertz CT molecular complexity index is 391. The first-order valence-electron chi connectivity index (χ1n) is 8.28. The lowest BCUT2D eigenvalue weighted by molar-refractivity contribution is 0.337. The van der Waals surface area contributed by atoms with Gasteiger partial charge in [0.15, 0.2) is 0 Å². The van der Waals surface area contributed by atoms with E-state index in [1.165, 1.54) is 37.7 Å². The molecule has 20 heavy (non-hydrogen) atoms. The Morgan fingerprint density at radius 3 is 2.80 bits per heavy atom. The molecule has 2 rings (SSSR count). The van der Waals surface area contributed by atoms with Crippen LogP contribution in [0, 0.1) is 5.92 Å². The minimum absolute atomic E-state index is 0.692. The van der Waals surface area contributed by atoms with E-state index in [0.29, 0.717) is 5.92 Å². The number of hydrogen-bond acceptors (Lipinski definition) is 2. The van der Waals surface area contributed by atoms with Crippen molar-refractivity contribution in [3.8, 4) is 5.75 Å². The Labute approximate surface area is 123 Å². The van der Waals surface area contributed by atoms with Crippen LogP contribution in [0.25, 0.3) is 0 Å². The van der Waals surface area contributed by atoms with Gasteiger partial charge in [-0.1, -0.05) is 38.3 Å². The Kier molecular flexibility index (Phi) is 6.38. The highest BCUT2D eigenvalue weighted by Gasteiger charge is 2.25. The lowest BCUT2D eigenvalue weighted by atomic mass is 9.82. The van der Waals surface area contributed by atoms with Gasteiger partial charge in [0.2, 0.25) is 0 Å². The molecule has 1 aromatic carbocycles.